The van der Waals surface area contributed by atoms with Crippen molar-refractivity contribution in [2.24, 2.45) is 0 Å². The summed E-state index contributed by atoms with van der Waals surface area (Å²) >= 11 is 0.900. The predicted octanol–water partition coefficient (Wildman–Crippen LogP) is 3.27. The van der Waals surface area contributed by atoms with Gasteiger partial charge in [-0.05, 0) is 31.0 Å². The van der Waals surface area contributed by atoms with E-state index >= 15 is 0 Å². The fourth-order valence-corrected chi connectivity index (χ4v) is 6.38. The van der Waals surface area contributed by atoms with E-state index in [4.69, 9.17) is 10.5 Å². The van der Waals surface area contributed by atoms with Crippen molar-refractivity contribution < 1.29 is 26.7 Å². The summed E-state index contributed by atoms with van der Waals surface area (Å²) in [7, 11) is -3.74. The van der Waals surface area contributed by atoms with Gasteiger partial charge < -0.3 is 21.1 Å². The second-order valence-corrected chi connectivity index (χ2v) is 12.2. The minimum atomic E-state index is -3.74. The highest BCUT2D eigenvalue weighted by atomic mass is 32.2. The third kappa shape index (κ3) is 6.87. The number of anilines is 2. The summed E-state index contributed by atoms with van der Waals surface area (Å²) in [6, 6.07) is 6.39. The van der Waals surface area contributed by atoms with Crippen LogP contribution in [0.25, 0.3) is 0 Å². The van der Waals surface area contributed by atoms with Crippen molar-refractivity contribution in [1.29, 1.82) is 0 Å². The Morgan fingerprint density at radius 2 is 1.90 bits per heavy atom. The molecule has 0 bridgehead atoms. The van der Waals surface area contributed by atoms with E-state index in [1.807, 2.05) is 13.8 Å². The largest absolute Gasteiger partial charge is 0.476 e. The normalized spacial score (nSPS) is 15.0. The number of piperidine rings is 1. The Hall–Kier alpha value is -3.20. The van der Waals surface area contributed by atoms with Gasteiger partial charge in [0.2, 0.25) is 21.7 Å². The van der Waals surface area contributed by atoms with Crippen LogP contribution in [0.4, 0.5) is 19.7 Å². The number of nitrogens with one attached hydrogen (secondary N) is 2. The minimum absolute atomic E-state index is 0.0716. The maximum absolute atomic E-state index is 14.1. The monoisotopic (exact) mass is 580 g/mol. The Morgan fingerprint density at radius 3 is 2.51 bits per heavy atom. The first kappa shape index (κ1) is 28.8. The van der Waals surface area contributed by atoms with Gasteiger partial charge in [0.25, 0.3) is 0 Å². The number of pyridine rings is 1. The minimum Gasteiger partial charge on any atom is -0.476 e. The summed E-state index contributed by atoms with van der Waals surface area (Å²) in [5.74, 6) is -2.63. The molecular weight excluding hydrogens is 550 g/mol. The summed E-state index contributed by atoms with van der Waals surface area (Å²) in [5, 5.41) is 6.70. The fraction of sp³-hybridized carbons (Fsp3) is 0.400. The number of thiazole rings is 1. The van der Waals surface area contributed by atoms with E-state index in [0.29, 0.717) is 43.0 Å². The molecule has 0 saturated carbocycles. The highest BCUT2D eigenvalue weighted by molar-refractivity contribution is 7.89. The lowest BCUT2D eigenvalue weighted by atomic mass is 10.1. The molecule has 1 aliphatic heterocycles. The summed E-state index contributed by atoms with van der Waals surface area (Å²) in [6.45, 7) is 5.64. The van der Waals surface area contributed by atoms with E-state index in [-0.39, 0.29) is 34.7 Å². The molecule has 0 aliphatic carbocycles. The molecule has 4 N–H and O–H groups in total. The Morgan fingerprint density at radius 1 is 1.21 bits per heavy atom. The van der Waals surface area contributed by atoms with Gasteiger partial charge >= 0.3 is 0 Å². The molecule has 0 unspecified atom stereocenters. The van der Waals surface area contributed by atoms with Gasteiger partial charge in [0.1, 0.15) is 33.8 Å². The van der Waals surface area contributed by atoms with Gasteiger partial charge in [0.15, 0.2) is 5.13 Å². The number of carbonyl (C=O) groups excluding carboxylic acids is 1. The molecule has 0 atom stereocenters. The number of benzene rings is 1. The van der Waals surface area contributed by atoms with Gasteiger partial charge in [-0.1, -0.05) is 31.3 Å². The SMILES string of the molecule is CC(C)NCCOc1ccc(S(=O)(=O)N2CCC(Nc3nc(N)c(C(=O)c4c(F)cccc4F)s3)CC2)cn1. The average Bonchev–Trinajstić information content (AvgIpc) is 3.26. The lowest BCUT2D eigenvalue weighted by molar-refractivity contribution is 0.103. The highest BCUT2D eigenvalue weighted by Crippen LogP contribution is 2.31. The van der Waals surface area contributed by atoms with Crippen LogP contribution in [-0.4, -0.2) is 66.8 Å². The molecule has 3 heterocycles. The third-order valence-electron chi connectivity index (χ3n) is 6.08. The van der Waals surface area contributed by atoms with Crippen molar-refractivity contribution in [3.63, 3.8) is 0 Å². The van der Waals surface area contributed by atoms with Crippen molar-refractivity contribution in [2.75, 3.05) is 37.3 Å². The van der Waals surface area contributed by atoms with Crippen LogP contribution in [0.3, 0.4) is 0 Å². The fourth-order valence-electron chi connectivity index (χ4n) is 4.06. The predicted molar refractivity (Wildman–Crippen MR) is 145 cm³/mol. The molecule has 0 radical (unpaired) electrons. The van der Waals surface area contributed by atoms with Gasteiger partial charge in [-0.2, -0.15) is 4.31 Å². The van der Waals surface area contributed by atoms with E-state index in [2.05, 4.69) is 20.6 Å². The average molecular weight is 581 g/mol. The molecule has 1 saturated heterocycles. The van der Waals surface area contributed by atoms with Crippen LogP contribution in [0.5, 0.6) is 5.88 Å². The number of aromatic nitrogens is 2. The number of ether oxygens (including phenoxy) is 1. The Balaban J connectivity index is 1.33. The highest BCUT2D eigenvalue weighted by Gasteiger charge is 2.31. The Labute approximate surface area is 229 Å². The zero-order chi connectivity index (χ0) is 28.2. The molecular formula is C25H30F2N6O4S2. The van der Waals surface area contributed by atoms with E-state index in [9.17, 15) is 22.0 Å². The number of ketones is 1. The van der Waals surface area contributed by atoms with Crippen LogP contribution < -0.4 is 21.1 Å². The number of nitrogen functional groups attached to an aromatic ring is 1. The molecule has 1 aromatic carbocycles. The molecule has 1 fully saturated rings. The van der Waals surface area contributed by atoms with Crippen molar-refractivity contribution in [3.05, 3.63) is 58.6 Å². The maximum atomic E-state index is 14.1. The van der Waals surface area contributed by atoms with Gasteiger partial charge in [0, 0.05) is 37.8 Å². The first-order valence-electron chi connectivity index (χ1n) is 12.4. The van der Waals surface area contributed by atoms with Crippen molar-refractivity contribution >= 4 is 38.1 Å². The van der Waals surface area contributed by atoms with E-state index in [0.717, 1.165) is 23.5 Å². The summed E-state index contributed by atoms with van der Waals surface area (Å²) in [6.07, 6.45) is 2.24. The Kier molecular flexibility index (Phi) is 9.10. The standard InChI is InChI=1S/C25H30F2N6O4S2/c1-15(2)29-10-13-37-20-7-6-17(14-30-20)39(35,36)33-11-8-16(9-12-33)31-25-32-24(28)23(38-25)22(34)21-18(26)4-3-5-19(21)27/h3-7,14-16,29H,8-13,28H2,1-2H3,(H,31,32). The number of nitrogens with two attached hydrogens (primary N) is 1. The van der Waals surface area contributed by atoms with E-state index in [1.165, 1.54) is 28.7 Å². The third-order valence-corrected chi connectivity index (χ3v) is 8.97. The van der Waals surface area contributed by atoms with Crippen LogP contribution in [0.2, 0.25) is 0 Å². The van der Waals surface area contributed by atoms with Crippen LogP contribution in [-0.2, 0) is 10.0 Å². The van der Waals surface area contributed by atoms with Gasteiger partial charge in [-0.25, -0.2) is 27.2 Å². The van der Waals surface area contributed by atoms with Crippen molar-refractivity contribution in [2.45, 2.75) is 43.7 Å². The molecule has 2 aromatic heterocycles. The zero-order valence-corrected chi connectivity index (χ0v) is 23.1. The lowest BCUT2D eigenvalue weighted by Gasteiger charge is -2.31. The molecule has 0 amide bonds. The topological polar surface area (TPSA) is 140 Å². The summed E-state index contributed by atoms with van der Waals surface area (Å²) in [4.78, 5) is 21.0. The second kappa shape index (κ2) is 12.3. The molecule has 210 valence electrons. The summed E-state index contributed by atoms with van der Waals surface area (Å²) < 4.78 is 61.3. The second-order valence-electron chi connectivity index (χ2n) is 9.27. The van der Waals surface area contributed by atoms with Crippen LogP contribution >= 0.6 is 11.3 Å². The number of nitrogens with zero attached hydrogens (tertiary/aromatic N) is 3. The molecule has 0 spiro atoms. The number of hydrogen-bond donors (Lipinski definition) is 3. The first-order chi connectivity index (χ1) is 18.6. The Bertz CT molecular complexity index is 1390. The van der Waals surface area contributed by atoms with Gasteiger partial charge in [-0.15, -0.1) is 0 Å². The molecule has 4 rings (SSSR count). The van der Waals surface area contributed by atoms with E-state index in [1.54, 1.807) is 0 Å². The quantitative estimate of drug-likeness (QED) is 0.230. The van der Waals surface area contributed by atoms with Crippen molar-refractivity contribution in [1.82, 2.24) is 19.6 Å². The molecule has 3 aromatic rings. The van der Waals surface area contributed by atoms with Crippen LogP contribution in [0, 0.1) is 11.6 Å². The lowest BCUT2D eigenvalue weighted by Crippen LogP contribution is -2.42. The molecule has 39 heavy (non-hydrogen) atoms. The van der Waals surface area contributed by atoms with Gasteiger partial charge in [0.05, 0.1) is 11.8 Å². The van der Waals surface area contributed by atoms with Crippen LogP contribution in [0.1, 0.15) is 41.9 Å². The van der Waals surface area contributed by atoms with Gasteiger partial charge in [-0.3, -0.25) is 4.79 Å². The molecule has 1 aliphatic rings. The zero-order valence-electron chi connectivity index (χ0n) is 21.5. The number of carbonyl (C=O) groups is 1. The summed E-state index contributed by atoms with van der Waals surface area (Å²) in [5.41, 5.74) is 5.19. The first-order valence-corrected chi connectivity index (χ1v) is 14.7. The van der Waals surface area contributed by atoms with Crippen LogP contribution in [0.15, 0.2) is 41.4 Å². The maximum Gasteiger partial charge on any atom is 0.244 e. The number of hydrogen-bond acceptors (Lipinski definition) is 10. The number of rotatable bonds is 11. The van der Waals surface area contributed by atoms with Crippen molar-refractivity contribution in [3.8, 4) is 5.88 Å². The number of halogens is 2. The van der Waals surface area contributed by atoms with E-state index < -0.39 is 33.0 Å². The molecule has 10 nitrogen and oxygen atoms in total. The number of sulfonamides is 1. The molecule has 14 heteroatoms. The smallest absolute Gasteiger partial charge is 0.244 e.